The molecule has 1 fully saturated rings. The van der Waals surface area contributed by atoms with E-state index in [1.165, 1.54) is 0 Å². The van der Waals surface area contributed by atoms with E-state index in [0.717, 1.165) is 36.5 Å². The maximum absolute atomic E-state index is 12.9. The molecule has 0 bridgehead atoms. The Morgan fingerprint density at radius 3 is 2.61 bits per heavy atom. The first kappa shape index (κ1) is 18.0. The van der Waals surface area contributed by atoms with Crippen LogP contribution in [0.25, 0.3) is 10.8 Å². The smallest absolute Gasteiger partial charge is 0.341 e. The number of hydrogen-bond acceptors (Lipinski definition) is 4. The third-order valence-corrected chi connectivity index (χ3v) is 5.06. The Hall–Kier alpha value is -3.35. The number of rotatable bonds is 6. The lowest BCUT2D eigenvalue weighted by molar-refractivity contribution is -0.139. The molecule has 1 aromatic heterocycles. The van der Waals surface area contributed by atoms with Crippen LogP contribution >= 0.6 is 0 Å². The number of carbonyl (C=O) groups excluding carboxylic acids is 1. The molecule has 2 N–H and O–H groups in total. The second-order valence-electron chi connectivity index (χ2n) is 6.89. The predicted molar refractivity (Wildman–Crippen MR) is 105 cm³/mol. The van der Waals surface area contributed by atoms with Gasteiger partial charge in [0.15, 0.2) is 6.61 Å². The Bertz CT molecular complexity index is 1020. The molecule has 1 aliphatic rings. The van der Waals surface area contributed by atoms with E-state index in [0.29, 0.717) is 17.1 Å². The Labute approximate surface area is 161 Å². The third kappa shape index (κ3) is 3.55. The molecule has 2 aromatic carbocycles. The van der Waals surface area contributed by atoms with Crippen molar-refractivity contribution in [1.82, 2.24) is 9.78 Å². The minimum Gasteiger partial charge on any atom is -0.481 e. The van der Waals surface area contributed by atoms with Crippen LogP contribution in [0.1, 0.15) is 42.2 Å². The standard InChI is InChI=1S/C21H21N3O4/c25-20(26)13-28-19-10-9-17(15-7-3-4-8-16(15)19)23-21(27)18-11-12-22-24(18)14-5-1-2-6-14/h3-4,7-12,14H,1-2,5-6,13H2,(H,23,27)(H,25,26). The molecule has 7 heteroatoms. The number of aliphatic carboxylic acids is 1. The van der Waals surface area contributed by atoms with Crippen molar-refractivity contribution >= 4 is 28.3 Å². The molecule has 1 heterocycles. The minimum atomic E-state index is -1.04. The van der Waals surface area contributed by atoms with Gasteiger partial charge in [0.1, 0.15) is 11.4 Å². The van der Waals surface area contributed by atoms with Gasteiger partial charge in [0, 0.05) is 22.7 Å². The highest BCUT2D eigenvalue weighted by atomic mass is 16.5. The van der Waals surface area contributed by atoms with Crippen LogP contribution in [-0.4, -0.2) is 33.4 Å². The van der Waals surface area contributed by atoms with Crippen molar-refractivity contribution in [2.24, 2.45) is 0 Å². The van der Waals surface area contributed by atoms with Gasteiger partial charge >= 0.3 is 5.97 Å². The van der Waals surface area contributed by atoms with Crippen LogP contribution in [0.4, 0.5) is 5.69 Å². The molecule has 4 rings (SSSR count). The molecule has 0 saturated heterocycles. The second-order valence-corrected chi connectivity index (χ2v) is 6.89. The van der Waals surface area contributed by atoms with Crippen molar-refractivity contribution in [2.75, 3.05) is 11.9 Å². The number of hydrogen-bond donors (Lipinski definition) is 2. The van der Waals surface area contributed by atoms with Crippen molar-refractivity contribution < 1.29 is 19.4 Å². The number of nitrogens with zero attached hydrogens (tertiary/aromatic N) is 2. The maximum atomic E-state index is 12.9. The van der Waals surface area contributed by atoms with Crippen LogP contribution in [0.2, 0.25) is 0 Å². The summed E-state index contributed by atoms with van der Waals surface area (Å²) in [4.78, 5) is 23.7. The van der Waals surface area contributed by atoms with Crippen LogP contribution in [-0.2, 0) is 4.79 Å². The van der Waals surface area contributed by atoms with Gasteiger partial charge in [-0.2, -0.15) is 5.10 Å². The summed E-state index contributed by atoms with van der Waals surface area (Å²) in [6, 6.07) is 12.8. The van der Waals surface area contributed by atoms with E-state index in [1.54, 1.807) is 24.4 Å². The summed E-state index contributed by atoms with van der Waals surface area (Å²) in [5, 5.41) is 17.7. The van der Waals surface area contributed by atoms with Crippen LogP contribution in [0.3, 0.4) is 0 Å². The van der Waals surface area contributed by atoms with Crippen molar-refractivity contribution in [1.29, 1.82) is 0 Å². The molecule has 0 aliphatic heterocycles. The first-order valence-corrected chi connectivity index (χ1v) is 9.34. The molecule has 0 radical (unpaired) electrons. The summed E-state index contributed by atoms with van der Waals surface area (Å²) in [5.74, 6) is -0.789. The molecule has 3 aromatic rings. The molecule has 1 saturated carbocycles. The first-order chi connectivity index (χ1) is 13.6. The van der Waals surface area contributed by atoms with Gasteiger partial charge in [0.05, 0.1) is 6.04 Å². The largest absolute Gasteiger partial charge is 0.481 e. The molecule has 7 nitrogen and oxygen atoms in total. The Balaban J connectivity index is 1.62. The van der Waals surface area contributed by atoms with Gasteiger partial charge in [0.2, 0.25) is 0 Å². The van der Waals surface area contributed by atoms with Gasteiger partial charge in [-0.25, -0.2) is 4.79 Å². The number of ether oxygens (including phenoxy) is 1. The fraction of sp³-hybridized carbons (Fsp3) is 0.286. The van der Waals surface area contributed by atoms with Gasteiger partial charge in [-0.3, -0.25) is 9.48 Å². The highest BCUT2D eigenvalue weighted by Crippen LogP contribution is 2.33. The van der Waals surface area contributed by atoms with Crippen molar-refractivity contribution in [3.63, 3.8) is 0 Å². The topological polar surface area (TPSA) is 93.4 Å². The zero-order valence-electron chi connectivity index (χ0n) is 15.3. The summed E-state index contributed by atoms with van der Waals surface area (Å²) in [6.07, 6.45) is 6.07. The van der Waals surface area contributed by atoms with Gasteiger partial charge < -0.3 is 15.2 Å². The number of carbonyl (C=O) groups is 2. The van der Waals surface area contributed by atoms with Crippen LogP contribution in [0.5, 0.6) is 5.75 Å². The summed E-state index contributed by atoms with van der Waals surface area (Å²) in [7, 11) is 0. The number of nitrogens with one attached hydrogen (secondary N) is 1. The van der Waals surface area contributed by atoms with E-state index in [1.807, 2.05) is 28.9 Å². The van der Waals surface area contributed by atoms with E-state index in [9.17, 15) is 9.59 Å². The fourth-order valence-electron chi connectivity index (χ4n) is 3.77. The number of amides is 1. The van der Waals surface area contributed by atoms with Crippen molar-refractivity contribution in [3.8, 4) is 5.75 Å². The van der Waals surface area contributed by atoms with Crippen LogP contribution < -0.4 is 10.1 Å². The van der Waals surface area contributed by atoms with Gasteiger partial charge in [-0.1, -0.05) is 37.1 Å². The highest BCUT2D eigenvalue weighted by Gasteiger charge is 2.23. The lowest BCUT2D eigenvalue weighted by Crippen LogP contribution is -2.20. The lowest BCUT2D eigenvalue weighted by atomic mass is 10.1. The number of benzene rings is 2. The number of fused-ring (bicyclic) bond motifs is 1. The van der Waals surface area contributed by atoms with Gasteiger partial charge in [-0.05, 0) is 31.0 Å². The number of carboxylic acid groups (broad SMARTS) is 1. The Morgan fingerprint density at radius 2 is 1.86 bits per heavy atom. The first-order valence-electron chi connectivity index (χ1n) is 9.34. The average molecular weight is 379 g/mol. The average Bonchev–Trinajstić information content (AvgIpc) is 3.38. The summed E-state index contributed by atoms with van der Waals surface area (Å²) >= 11 is 0. The molecule has 28 heavy (non-hydrogen) atoms. The zero-order chi connectivity index (χ0) is 19.5. The molecular formula is C21H21N3O4. The highest BCUT2D eigenvalue weighted by molar-refractivity contribution is 6.09. The quantitative estimate of drug-likeness (QED) is 0.678. The third-order valence-electron chi connectivity index (χ3n) is 5.06. The zero-order valence-corrected chi connectivity index (χ0v) is 15.3. The number of anilines is 1. The molecule has 0 spiro atoms. The van der Waals surface area contributed by atoms with E-state index in [2.05, 4.69) is 10.4 Å². The molecule has 1 aliphatic carbocycles. The summed E-state index contributed by atoms with van der Waals surface area (Å²) in [6.45, 7) is -0.420. The predicted octanol–water partition coefficient (Wildman–Crippen LogP) is 3.87. The SMILES string of the molecule is O=C(O)COc1ccc(NC(=O)c2ccnn2C2CCCC2)c2ccccc12. The normalized spacial score (nSPS) is 14.3. The van der Waals surface area contributed by atoms with Gasteiger partial charge in [-0.15, -0.1) is 0 Å². The molecule has 1 amide bonds. The van der Waals surface area contributed by atoms with E-state index in [4.69, 9.17) is 9.84 Å². The Morgan fingerprint density at radius 1 is 1.11 bits per heavy atom. The molecule has 144 valence electrons. The molecule has 0 unspecified atom stereocenters. The van der Waals surface area contributed by atoms with Crippen LogP contribution in [0, 0.1) is 0 Å². The second kappa shape index (κ2) is 7.72. The Kier molecular flexibility index (Phi) is 4.97. The van der Waals surface area contributed by atoms with E-state index >= 15 is 0 Å². The maximum Gasteiger partial charge on any atom is 0.341 e. The summed E-state index contributed by atoms with van der Waals surface area (Å²) in [5.41, 5.74) is 1.18. The monoisotopic (exact) mass is 379 g/mol. The molecular weight excluding hydrogens is 358 g/mol. The lowest BCUT2D eigenvalue weighted by Gasteiger charge is -2.15. The van der Waals surface area contributed by atoms with E-state index in [-0.39, 0.29) is 11.9 Å². The van der Waals surface area contributed by atoms with E-state index < -0.39 is 12.6 Å². The molecule has 0 atom stereocenters. The van der Waals surface area contributed by atoms with Gasteiger partial charge in [0.25, 0.3) is 5.91 Å². The van der Waals surface area contributed by atoms with Crippen molar-refractivity contribution in [2.45, 2.75) is 31.7 Å². The van der Waals surface area contributed by atoms with Crippen molar-refractivity contribution in [3.05, 3.63) is 54.4 Å². The fourth-order valence-corrected chi connectivity index (χ4v) is 3.77. The number of aromatic nitrogens is 2. The summed E-state index contributed by atoms with van der Waals surface area (Å²) < 4.78 is 7.20. The minimum absolute atomic E-state index is 0.214. The number of carboxylic acids is 1. The van der Waals surface area contributed by atoms with Crippen LogP contribution in [0.15, 0.2) is 48.7 Å².